The minimum Gasteiger partial charge on any atom is -0.493 e. The fourth-order valence-corrected chi connectivity index (χ4v) is 3.11. The first kappa shape index (κ1) is 18.2. The van der Waals surface area contributed by atoms with E-state index in [1.165, 1.54) is 6.07 Å². The maximum Gasteiger partial charge on any atom is 0.227 e. The molecule has 0 aliphatic carbocycles. The highest BCUT2D eigenvalue weighted by Crippen LogP contribution is 2.30. The van der Waals surface area contributed by atoms with Crippen LogP contribution in [0.15, 0.2) is 65.1 Å². The van der Waals surface area contributed by atoms with Gasteiger partial charge in [-0.05, 0) is 60.9 Å². The molecule has 0 atom stereocenters. The first-order valence-electron chi connectivity index (χ1n) is 9.54. The zero-order valence-electron chi connectivity index (χ0n) is 16.0. The zero-order chi connectivity index (χ0) is 19.5. The first-order valence-corrected chi connectivity index (χ1v) is 9.54. The molecular formula is C24H22FNO2. The van der Waals surface area contributed by atoms with E-state index in [0.29, 0.717) is 23.8 Å². The summed E-state index contributed by atoms with van der Waals surface area (Å²) in [6.45, 7) is 4.73. The Morgan fingerprint density at radius 2 is 1.75 bits per heavy atom. The molecule has 3 nitrogen and oxygen atoms in total. The largest absolute Gasteiger partial charge is 0.493 e. The fraction of sp³-hybridized carbons (Fsp3) is 0.208. The SMILES string of the molecule is CCCCOc1ccc(-c2ccc(-c3nc4cc(C)ccc4o3)cc2)c(F)c1. The highest BCUT2D eigenvalue weighted by atomic mass is 19.1. The molecule has 0 aliphatic rings. The third kappa shape index (κ3) is 3.77. The fourth-order valence-electron chi connectivity index (χ4n) is 3.11. The van der Waals surface area contributed by atoms with E-state index < -0.39 is 0 Å². The Morgan fingerprint density at radius 3 is 2.50 bits per heavy atom. The summed E-state index contributed by atoms with van der Waals surface area (Å²) in [6.07, 6.45) is 2.01. The van der Waals surface area contributed by atoms with E-state index in [-0.39, 0.29) is 5.82 Å². The Bertz CT molecular complexity index is 1100. The summed E-state index contributed by atoms with van der Waals surface area (Å²) in [5.41, 5.74) is 4.94. The lowest BCUT2D eigenvalue weighted by atomic mass is 10.0. The second kappa shape index (κ2) is 7.85. The van der Waals surface area contributed by atoms with E-state index in [2.05, 4.69) is 11.9 Å². The van der Waals surface area contributed by atoms with Crippen LogP contribution >= 0.6 is 0 Å². The molecule has 1 aromatic heterocycles. The number of benzene rings is 3. The number of nitrogens with zero attached hydrogens (tertiary/aromatic N) is 1. The quantitative estimate of drug-likeness (QED) is 0.348. The van der Waals surface area contributed by atoms with Crippen molar-refractivity contribution in [3.05, 3.63) is 72.0 Å². The Hall–Kier alpha value is -3.14. The van der Waals surface area contributed by atoms with E-state index in [1.807, 2.05) is 55.5 Å². The van der Waals surface area contributed by atoms with Crippen molar-refractivity contribution >= 4 is 11.1 Å². The lowest BCUT2D eigenvalue weighted by molar-refractivity contribution is 0.308. The number of aryl methyl sites for hydroxylation is 1. The molecule has 3 aromatic carbocycles. The van der Waals surface area contributed by atoms with Gasteiger partial charge in [0.1, 0.15) is 17.1 Å². The average molecular weight is 375 g/mol. The van der Waals surface area contributed by atoms with Gasteiger partial charge in [0.25, 0.3) is 0 Å². The van der Waals surface area contributed by atoms with Crippen LogP contribution in [0.4, 0.5) is 4.39 Å². The molecule has 0 radical (unpaired) electrons. The van der Waals surface area contributed by atoms with Crippen LogP contribution in [-0.2, 0) is 0 Å². The monoisotopic (exact) mass is 375 g/mol. The normalized spacial score (nSPS) is 11.1. The molecule has 0 saturated heterocycles. The van der Waals surface area contributed by atoms with Gasteiger partial charge in [0, 0.05) is 17.2 Å². The Labute approximate surface area is 163 Å². The van der Waals surface area contributed by atoms with Crippen LogP contribution in [0.3, 0.4) is 0 Å². The van der Waals surface area contributed by atoms with Gasteiger partial charge in [0.2, 0.25) is 5.89 Å². The van der Waals surface area contributed by atoms with Crippen molar-refractivity contribution in [2.45, 2.75) is 26.7 Å². The summed E-state index contributed by atoms with van der Waals surface area (Å²) in [5, 5.41) is 0. The van der Waals surface area contributed by atoms with Crippen molar-refractivity contribution in [1.29, 1.82) is 0 Å². The van der Waals surface area contributed by atoms with E-state index in [4.69, 9.17) is 9.15 Å². The van der Waals surface area contributed by atoms with Crippen molar-refractivity contribution in [2.24, 2.45) is 0 Å². The molecule has 1 heterocycles. The topological polar surface area (TPSA) is 35.3 Å². The smallest absolute Gasteiger partial charge is 0.227 e. The van der Waals surface area contributed by atoms with Crippen molar-refractivity contribution in [2.75, 3.05) is 6.61 Å². The minimum absolute atomic E-state index is 0.293. The number of hydrogen-bond donors (Lipinski definition) is 0. The second-order valence-electron chi connectivity index (χ2n) is 6.91. The summed E-state index contributed by atoms with van der Waals surface area (Å²) in [5.74, 6) is 0.833. The van der Waals surface area contributed by atoms with Crippen LogP contribution in [-0.4, -0.2) is 11.6 Å². The maximum absolute atomic E-state index is 14.5. The summed E-state index contributed by atoms with van der Waals surface area (Å²) in [7, 11) is 0. The van der Waals surface area contributed by atoms with E-state index in [1.54, 1.807) is 6.07 Å². The van der Waals surface area contributed by atoms with E-state index in [0.717, 1.165) is 40.6 Å². The number of fused-ring (bicyclic) bond motifs is 1. The predicted molar refractivity (Wildman–Crippen MR) is 110 cm³/mol. The molecule has 28 heavy (non-hydrogen) atoms. The van der Waals surface area contributed by atoms with Gasteiger partial charge in [0.15, 0.2) is 5.58 Å². The van der Waals surface area contributed by atoms with Gasteiger partial charge in [-0.1, -0.05) is 31.5 Å². The molecule has 0 amide bonds. The van der Waals surface area contributed by atoms with Gasteiger partial charge in [-0.2, -0.15) is 0 Å². The summed E-state index contributed by atoms with van der Waals surface area (Å²) >= 11 is 0. The summed E-state index contributed by atoms with van der Waals surface area (Å²) in [6, 6.07) is 18.5. The van der Waals surface area contributed by atoms with E-state index >= 15 is 0 Å². The van der Waals surface area contributed by atoms with Gasteiger partial charge < -0.3 is 9.15 Å². The van der Waals surface area contributed by atoms with Crippen molar-refractivity contribution in [3.8, 4) is 28.3 Å². The summed E-state index contributed by atoms with van der Waals surface area (Å²) in [4.78, 5) is 4.55. The zero-order valence-corrected chi connectivity index (χ0v) is 16.0. The van der Waals surface area contributed by atoms with Crippen LogP contribution in [0, 0.1) is 12.7 Å². The van der Waals surface area contributed by atoms with Crippen LogP contribution in [0.2, 0.25) is 0 Å². The number of ether oxygens (including phenoxy) is 1. The third-order valence-electron chi connectivity index (χ3n) is 4.69. The predicted octanol–water partition coefficient (Wildman–Crippen LogP) is 6.79. The second-order valence-corrected chi connectivity index (χ2v) is 6.91. The molecular weight excluding hydrogens is 353 g/mol. The van der Waals surface area contributed by atoms with Crippen molar-refractivity contribution < 1.29 is 13.5 Å². The molecule has 0 N–H and O–H groups in total. The molecule has 142 valence electrons. The van der Waals surface area contributed by atoms with Gasteiger partial charge in [-0.3, -0.25) is 0 Å². The third-order valence-corrected chi connectivity index (χ3v) is 4.69. The molecule has 0 aliphatic heterocycles. The highest BCUT2D eigenvalue weighted by Gasteiger charge is 2.11. The molecule has 0 unspecified atom stereocenters. The van der Waals surface area contributed by atoms with Crippen LogP contribution in [0.5, 0.6) is 5.75 Å². The van der Waals surface area contributed by atoms with Gasteiger partial charge in [-0.25, -0.2) is 9.37 Å². The highest BCUT2D eigenvalue weighted by molar-refractivity contribution is 5.77. The lowest BCUT2D eigenvalue weighted by Crippen LogP contribution is -1.97. The number of aromatic nitrogens is 1. The number of unbranched alkanes of at least 4 members (excludes halogenated alkanes) is 1. The Kier molecular flexibility index (Phi) is 5.11. The number of hydrogen-bond acceptors (Lipinski definition) is 3. The van der Waals surface area contributed by atoms with Crippen LogP contribution < -0.4 is 4.74 Å². The standard InChI is InChI=1S/C24H22FNO2/c1-3-4-13-27-19-10-11-20(21(25)15-19)17-6-8-18(9-7-17)24-26-22-14-16(2)5-12-23(22)28-24/h5-12,14-15H,3-4,13H2,1-2H3. The van der Waals surface area contributed by atoms with Crippen molar-refractivity contribution in [1.82, 2.24) is 4.98 Å². The molecule has 0 bridgehead atoms. The molecule has 0 spiro atoms. The molecule has 4 rings (SSSR count). The molecule has 0 fully saturated rings. The molecule has 4 heteroatoms. The van der Waals surface area contributed by atoms with Gasteiger partial charge in [0.05, 0.1) is 6.61 Å². The molecule has 0 saturated carbocycles. The first-order chi connectivity index (χ1) is 13.6. The Balaban J connectivity index is 1.57. The Morgan fingerprint density at radius 1 is 0.964 bits per heavy atom. The van der Waals surface area contributed by atoms with Crippen LogP contribution in [0.25, 0.3) is 33.7 Å². The van der Waals surface area contributed by atoms with E-state index in [9.17, 15) is 4.39 Å². The molecule has 4 aromatic rings. The minimum atomic E-state index is -0.293. The van der Waals surface area contributed by atoms with Gasteiger partial charge >= 0.3 is 0 Å². The van der Waals surface area contributed by atoms with Crippen LogP contribution in [0.1, 0.15) is 25.3 Å². The number of rotatable bonds is 6. The number of halogens is 1. The summed E-state index contributed by atoms with van der Waals surface area (Å²) < 4.78 is 25.9. The number of oxazole rings is 1. The lowest BCUT2D eigenvalue weighted by Gasteiger charge is -2.08. The average Bonchev–Trinajstić information content (AvgIpc) is 3.12. The maximum atomic E-state index is 14.5. The van der Waals surface area contributed by atoms with Gasteiger partial charge in [-0.15, -0.1) is 0 Å². The van der Waals surface area contributed by atoms with Crippen molar-refractivity contribution in [3.63, 3.8) is 0 Å².